The van der Waals surface area contributed by atoms with E-state index in [1.54, 1.807) is 10.6 Å². The lowest BCUT2D eigenvalue weighted by atomic mass is 9.96. The van der Waals surface area contributed by atoms with Gasteiger partial charge in [-0.2, -0.15) is 0 Å². The molecule has 0 fully saturated rings. The van der Waals surface area contributed by atoms with Crippen LogP contribution in [-0.2, 0) is 5.41 Å². The van der Waals surface area contributed by atoms with Gasteiger partial charge in [0.1, 0.15) is 11.5 Å². The van der Waals surface area contributed by atoms with Gasteiger partial charge in [-0.25, -0.2) is 9.78 Å². The van der Waals surface area contributed by atoms with Crippen molar-refractivity contribution in [3.63, 3.8) is 0 Å². The number of nitrogens with zero attached hydrogens (tertiary/aromatic N) is 2. The van der Waals surface area contributed by atoms with Crippen LogP contribution < -0.4 is 0 Å². The van der Waals surface area contributed by atoms with Gasteiger partial charge in [0.2, 0.25) is 0 Å². The Bertz CT molecular complexity index is 635. The first kappa shape index (κ1) is 12.3. The van der Waals surface area contributed by atoms with Gasteiger partial charge in [-0.3, -0.25) is 4.79 Å². The molecule has 94 valence electrons. The van der Waals surface area contributed by atoms with Gasteiger partial charge < -0.3 is 9.51 Å². The molecule has 0 aliphatic heterocycles. The number of carboxylic acids is 1. The number of carbonyl (C=O) groups is 2. The van der Waals surface area contributed by atoms with Crippen molar-refractivity contribution in [3.8, 4) is 0 Å². The maximum absolute atomic E-state index is 11.0. The Hall–Kier alpha value is -2.17. The molecule has 0 radical (unpaired) electrons. The molecular weight excluding hydrogens is 232 g/mol. The van der Waals surface area contributed by atoms with Crippen LogP contribution >= 0.6 is 0 Å². The van der Waals surface area contributed by atoms with Crippen LogP contribution in [0.2, 0.25) is 0 Å². The fraction of sp³-hybridized carbons (Fsp3) is 0.308. The number of rotatable bonds is 2. The van der Waals surface area contributed by atoms with E-state index in [9.17, 15) is 9.59 Å². The van der Waals surface area contributed by atoms with Crippen molar-refractivity contribution in [1.29, 1.82) is 0 Å². The lowest BCUT2D eigenvalue weighted by Crippen LogP contribution is -2.16. The molecule has 0 bridgehead atoms. The quantitative estimate of drug-likeness (QED) is 0.824. The molecule has 0 aromatic carbocycles. The zero-order valence-electron chi connectivity index (χ0n) is 10.5. The topological polar surface area (TPSA) is 71.7 Å². The SMILES string of the molecule is CC(C)(C)c1nc(C=O)c2cc(C(=O)O)ccn12. The van der Waals surface area contributed by atoms with E-state index in [0.29, 0.717) is 11.8 Å². The van der Waals surface area contributed by atoms with Crippen LogP contribution in [0.25, 0.3) is 5.52 Å². The summed E-state index contributed by atoms with van der Waals surface area (Å²) >= 11 is 0. The van der Waals surface area contributed by atoms with Crippen LogP contribution in [-0.4, -0.2) is 26.7 Å². The molecule has 2 heterocycles. The molecule has 0 aliphatic rings. The van der Waals surface area contributed by atoms with Crippen LogP contribution in [0.3, 0.4) is 0 Å². The Morgan fingerprint density at radius 1 is 1.44 bits per heavy atom. The second-order valence-corrected chi connectivity index (χ2v) is 5.16. The molecule has 1 N–H and O–H groups in total. The molecule has 2 rings (SSSR count). The number of aldehydes is 1. The van der Waals surface area contributed by atoms with Gasteiger partial charge >= 0.3 is 5.97 Å². The summed E-state index contributed by atoms with van der Waals surface area (Å²) < 4.78 is 1.76. The van der Waals surface area contributed by atoms with E-state index >= 15 is 0 Å². The predicted octanol–water partition coefficient (Wildman–Crippen LogP) is 2.14. The zero-order valence-corrected chi connectivity index (χ0v) is 10.5. The predicted molar refractivity (Wildman–Crippen MR) is 66.2 cm³/mol. The van der Waals surface area contributed by atoms with E-state index in [0.717, 1.165) is 5.82 Å². The number of carboxylic acid groups (broad SMARTS) is 1. The molecule has 2 aromatic heterocycles. The third kappa shape index (κ3) is 1.88. The first-order valence-electron chi connectivity index (χ1n) is 5.55. The van der Waals surface area contributed by atoms with E-state index in [1.165, 1.54) is 12.1 Å². The highest BCUT2D eigenvalue weighted by atomic mass is 16.4. The second-order valence-electron chi connectivity index (χ2n) is 5.16. The van der Waals surface area contributed by atoms with Crippen LogP contribution in [0, 0.1) is 0 Å². The highest BCUT2D eigenvalue weighted by Gasteiger charge is 2.22. The lowest BCUT2D eigenvalue weighted by molar-refractivity contribution is 0.0696. The minimum Gasteiger partial charge on any atom is -0.478 e. The monoisotopic (exact) mass is 246 g/mol. The molecule has 0 unspecified atom stereocenters. The smallest absolute Gasteiger partial charge is 0.335 e. The van der Waals surface area contributed by atoms with Gasteiger partial charge in [-0.05, 0) is 12.1 Å². The summed E-state index contributed by atoms with van der Waals surface area (Å²) in [5.74, 6) is -0.288. The number of imidazole rings is 1. The van der Waals surface area contributed by atoms with E-state index in [1.807, 2.05) is 20.8 Å². The fourth-order valence-electron chi connectivity index (χ4n) is 1.86. The van der Waals surface area contributed by atoms with Gasteiger partial charge in [-0.1, -0.05) is 20.8 Å². The van der Waals surface area contributed by atoms with Crippen molar-refractivity contribution in [2.45, 2.75) is 26.2 Å². The Morgan fingerprint density at radius 2 is 2.11 bits per heavy atom. The lowest BCUT2D eigenvalue weighted by Gasteiger charge is -2.16. The molecule has 5 nitrogen and oxygen atoms in total. The molecule has 0 spiro atoms. The summed E-state index contributed by atoms with van der Waals surface area (Å²) in [4.78, 5) is 26.2. The highest BCUT2D eigenvalue weighted by molar-refractivity contribution is 5.92. The molecule has 2 aromatic rings. The number of hydrogen-bond donors (Lipinski definition) is 1. The number of fused-ring (bicyclic) bond motifs is 1. The molecule has 0 atom stereocenters. The van der Waals surface area contributed by atoms with Gasteiger partial charge in [0.25, 0.3) is 0 Å². The van der Waals surface area contributed by atoms with Crippen molar-refractivity contribution >= 4 is 17.8 Å². The maximum atomic E-state index is 11.0. The Balaban J connectivity index is 2.79. The summed E-state index contributed by atoms with van der Waals surface area (Å²) in [6.07, 6.45) is 2.29. The van der Waals surface area contributed by atoms with Crippen molar-refractivity contribution < 1.29 is 14.7 Å². The summed E-state index contributed by atoms with van der Waals surface area (Å²) in [6, 6.07) is 2.97. The van der Waals surface area contributed by atoms with Gasteiger partial charge in [0, 0.05) is 11.6 Å². The number of aromatic carboxylic acids is 1. The summed E-state index contributed by atoms with van der Waals surface area (Å²) in [7, 11) is 0. The number of aromatic nitrogens is 2. The fourth-order valence-corrected chi connectivity index (χ4v) is 1.86. The molecule has 0 saturated carbocycles. The highest BCUT2D eigenvalue weighted by Crippen LogP contribution is 2.24. The van der Waals surface area contributed by atoms with E-state index in [4.69, 9.17) is 5.11 Å². The molecular formula is C13H14N2O3. The molecule has 0 aliphatic carbocycles. The van der Waals surface area contributed by atoms with E-state index in [-0.39, 0.29) is 16.7 Å². The average molecular weight is 246 g/mol. The largest absolute Gasteiger partial charge is 0.478 e. The number of hydrogen-bond acceptors (Lipinski definition) is 3. The third-order valence-corrected chi connectivity index (χ3v) is 2.70. The average Bonchev–Trinajstić information content (AvgIpc) is 2.66. The van der Waals surface area contributed by atoms with Crippen LogP contribution in [0.15, 0.2) is 18.3 Å². The van der Waals surface area contributed by atoms with Crippen LogP contribution in [0.5, 0.6) is 0 Å². The Morgan fingerprint density at radius 3 is 2.61 bits per heavy atom. The van der Waals surface area contributed by atoms with E-state index < -0.39 is 5.97 Å². The summed E-state index contributed by atoms with van der Waals surface area (Å²) in [5.41, 5.74) is 0.707. The molecule has 0 saturated heterocycles. The summed E-state index contributed by atoms with van der Waals surface area (Å²) in [6.45, 7) is 5.96. The summed E-state index contributed by atoms with van der Waals surface area (Å²) in [5, 5.41) is 8.96. The minimum absolute atomic E-state index is 0.144. The van der Waals surface area contributed by atoms with Crippen LogP contribution in [0.1, 0.15) is 47.4 Å². The van der Waals surface area contributed by atoms with E-state index in [2.05, 4.69) is 4.98 Å². The van der Waals surface area contributed by atoms with Crippen molar-refractivity contribution in [1.82, 2.24) is 9.38 Å². The van der Waals surface area contributed by atoms with Gasteiger partial charge in [0.05, 0.1) is 11.1 Å². The normalized spacial score (nSPS) is 11.7. The van der Waals surface area contributed by atoms with Crippen LogP contribution in [0.4, 0.5) is 0 Å². The van der Waals surface area contributed by atoms with Crippen molar-refractivity contribution in [2.75, 3.05) is 0 Å². The van der Waals surface area contributed by atoms with Gasteiger partial charge in [0.15, 0.2) is 6.29 Å². The van der Waals surface area contributed by atoms with Crippen molar-refractivity contribution in [2.24, 2.45) is 0 Å². The minimum atomic E-state index is -1.02. The Labute approximate surface area is 104 Å². The molecule has 0 amide bonds. The third-order valence-electron chi connectivity index (χ3n) is 2.70. The Kier molecular flexibility index (Phi) is 2.69. The molecule has 18 heavy (non-hydrogen) atoms. The maximum Gasteiger partial charge on any atom is 0.335 e. The first-order chi connectivity index (χ1) is 8.34. The van der Waals surface area contributed by atoms with Crippen molar-refractivity contribution in [3.05, 3.63) is 35.4 Å². The number of pyridine rings is 1. The second kappa shape index (κ2) is 3.94. The zero-order chi connectivity index (χ0) is 13.5. The number of carbonyl (C=O) groups excluding carboxylic acids is 1. The first-order valence-corrected chi connectivity index (χ1v) is 5.55. The van der Waals surface area contributed by atoms with Gasteiger partial charge in [-0.15, -0.1) is 0 Å². The standard InChI is InChI=1S/C13H14N2O3/c1-13(2,3)12-14-9(7-16)10-6-8(11(17)18)4-5-15(10)12/h4-7H,1-3H3,(H,17,18). The molecule has 5 heteroatoms.